The summed E-state index contributed by atoms with van der Waals surface area (Å²) in [6.45, 7) is 2.06. The number of rotatable bonds is 6. The maximum absolute atomic E-state index is 11.7. The highest BCUT2D eigenvalue weighted by atomic mass is 35.5. The molecule has 0 aromatic heterocycles. The van der Waals surface area contributed by atoms with Crippen LogP contribution in [0.15, 0.2) is 18.2 Å². The SMILES string of the molecule is O=C(/C=C/c1cc[c]c(Cl)c1Cl)NCCCN1CCCC1=O. The standard InChI is InChI=1S/C16H17Cl2N2O2/c17-13-5-1-4-12(16(13)18)7-8-14(21)19-9-3-11-20-10-2-6-15(20)22/h1,4,7-8H,2-3,6,9-11H2,(H,19,21)/b8-7+. The fourth-order valence-corrected chi connectivity index (χ4v) is 2.60. The van der Waals surface area contributed by atoms with Crippen LogP contribution in [0.1, 0.15) is 24.8 Å². The van der Waals surface area contributed by atoms with Gasteiger partial charge in [0, 0.05) is 38.2 Å². The Kier molecular flexibility index (Phi) is 6.28. The third-order valence-corrected chi connectivity index (χ3v) is 4.21. The van der Waals surface area contributed by atoms with Crippen molar-refractivity contribution in [2.45, 2.75) is 19.3 Å². The third-order valence-electron chi connectivity index (χ3n) is 3.41. The van der Waals surface area contributed by atoms with Crippen LogP contribution in [-0.2, 0) is 9.59 Å². The van der Waals surface area contributed by atoms with Gasteiger partial charge >= 0.3 is 0 Å². The van der Waals surface area contributed by atoms with Gasteiger partial charge in [0.15, 0.2) is 0 Å². The molecule has 0 atom stereocenters. The largest absolute Gasteiger partial charge is 0.352 e. The molecule has 0 saturated carbocycles. The van der Waals surface area contributed by atoms with Crippen molar-refractivity contribution >= 4 is 41.1 Å². The van der Waals surface area contributed by atoms with E-state index in [1.165, 1.54) is 6.08 Å². The Labute approximate surface area is 140 Å². The zero-order chi connectivity index (χ0) is 15.9. The Bertz CT molecular complexity index is 588. The minimum absolute atomic E-state index is 0.201. The van der Waals surface area contributed by atoms with Crippen molar-refractivity contribution in [1.82, 2.24) is 10.2 Å². The topological polar surface area (TPSA) is 49.4 Å². The number of carbonyl (C=O) groups is 2. The van der Waals surface area contributed by atoms with E-state index in [1.54, 1.807) is 18.2 Å². The smallest absolute Gasteiger partial charge is 0.244 e. The van der Waals surface area contributed by atoms with E-state index in [-0.39, 0.29) is 11.8 Å². The summed E-state index contributed by atoms with van der Waals surface area (Å²) in [4.78, 5) is 25.0. The lowest BCUT2D eigenvalue weighted by Crippen LogP contribution is -2.29. The molecule has 22 heavy (non-hydrogen) atoms. The monoisotopic (exact) mass is 339 g/mol. The third kappa shape index (κ3) is 4.75. The first-order valence-corrected chi connectivity index (χ1v) is 7.93. The van der Waals surface area contributed by atoms with E-state index in [0.717, 1.165) is 19.4 Å². The van der Waals surface area contributed by atoms with Crippen LogP contribution in [-0.4, -0.2) is 36.3 Å². The summed E-state index contributed by atoms with van der Waals surface area (Å²) in [5, 5.41) is 3.49. The second kappa shape index (κ2) is 8.20. The van der Waals surface area contributed by atoms with Gasteiger partial charge in [0.25, 0.3) is 0 Å². The van der Waals surface area contributed by atoms with Crippen molar-refractivity contribution in [3.8, 4) is 0 Å². The van der Waals surface area contributed by atoms with E-state index >= 15 is 0 Å². The summed E-state index contributed by atoms with van der Waals surface area (Å²) in [7, 11) is 0. The Morgan fingerprint density at radius 1 is 1.45 bits per heavy atom. The molecule has 0 unspecified atom stereocenters. The van der Waals surface area contributed by atoms with E-state index in [4.69, 9.17) is 23.2 Å². The molecule has 2 amide bonds. The van der Waals surface area contributed by atoms with Crippen LogP contribution in [0.5, 0.6) is 0 Å². The molecule has 1 saturated heterocycles. The van der Waals surface area contributed by atoms with Gasteiger partial charge in [0.1, 0.15) is 0 Å². The van der Waals surface area contributed by atoms with Crippen molar-refractivity contribution in [2.24, 2.45) is 0 Å². The van der Waals surface area contributed by atoms with Gasteiger partial charge in [-0.1, -0.05) is 35.3 Å². The van der Waals surface area contributed by atoms with E-state index < -0.39 is 0 Å². The molecule has 1 aliphatic heterocycles. The number of hydrogen-bond donors (Lipinski definition) is 1. The first-order valence-electron chi connectivity index (χ1n) is 7.17. The molecular weight excluding hydrogens is 323 g/mol. The lowest BCUT2D eigenvalue weighted by molar-refractivity contribution is -0.127. The van der Waals surface area contributed by atoms with Gasteiger partial charge in [0.2, 0.25) is 11.8 Å². The average molecular weight is 340 g/mol. The summed E-state index contributed by atoms with van der Waals surface area (Å²) in [5.41, 5.74) is 0.670. The molecule has 2 rings (SSSR count). The van der Waals surface area contributed by atoms with E-state index in [9.17, 15) is 9.59 Å². The molecule has 1 aliphatic rings. The normalized spacial score (nSPS) is 14.8. The van der Waals surface area contributed by atoms with Crippen LogP contribution in [0, 0.1) is 6.07 Å². The Balaban J connectivity index is 1.72. The number of amides is 2. The second-order valence-electron chi connectivity index (χ2n) is 5.02. The molecule has 1 fully saturated rings. The maximum Gasteiger partial charge on any atom is 0.244 e. The summed E-state index contributed by atoms with van der Waals surface area (Å²) >= 11 is 11.9. The number of benzene rings is 1. The maximum atomic E-state index is 11.7. The fraction of sp³-hybridized carbons (Fsp3) is 0.375. The van der Waals surface area contributed by atoms with Gasteiger partial charge in [0.05, 0.1) is 10.0 Å². The van der Waals surface area contributed by atoms with E-state index in [2.05, 4.69) is 11.4 Å². The molecule has 0 bridgehead atoms. The minimum Gasteiger partial charge on any atom is -0.352 e. The average Bonchev–Trinajstić information content (AvgIpc) is 2.90. The van der Waals surface area contributed by atoms with Gasteiger partial charge in [-0.25, -0.2) is 0 Å². The predicted molar refractivity (Wildman–Crippen MR) is 87.8 cm³/mol. The molecule has 6 heteroatoms. The van der Waals surface area contributed by atoms with E-state index in [0.29, 0.717) is 35.1 Å². The molecule has 1 N–H and O–H groups in total. The molecule has 1 aromatic rings. The van der Waals surface area contributed by atoms with Crippen molar-refractivity contribution in [1.29, 1.82) is 0 Å². The molecule has 117 valence electrons. The molecule has 0 aliphatic carbocycles. The summed E-state index contributed by atoms with van der Waals surface area (Å²) in [5.74, 6) is 0.00592. The molecule has 1 aromatic carbocycles. The van der Waals surface area contributed by atoms with E-state index in [1.807, 2.05) is 4.90 Å². The van der Waals surface area contributed by atoms with Crippen LogP contribution in [0.2, 0.25) is 10.0 Å². The van der Waals surface area contributed by atoms with Crippen LogP contribution in [0.4, 0.5) is 0 Å². The van der Waals surface area contributed by atoms with Crippen molar-refractivity contribution < 1.29 is 9.59 Å². The van der Waals surface area contributed by atoms with Crippen molar-refractivity contribution in [3.05, 3.63) is 39.9 Å². The number of likely N-dealkylation sites (tertiary alicyclic amines) is 1. The number of halogens is 2. The fourth-order valence-electron chi connectivity index (χ4n) is 2.24. The van der Waals surface area contributed by atoms with Crippen LogP contribution < -0.4 is 5.32 Å². The lowest BCUT2D eigenvalue weighted by atomic mass is 10.2. The molecule has 1 radical (unpaired) electrons. The first kappa shape index (κ1) is 16.8. The number of carbonyl (C=O) groups excluding carboxylic acids is 2. The molecule has 1 heterocycles. The van der Waals surface area contributed by atoms with Crippen molar-refractivity contribution in [2.75, 3.05) is 19.6 Å². The Morgan fingerprint density at radius 2 is 2.27 bits per heavy atom. The second-order valence-corrected chi connectivity index (χ2v) is 5.78. The quantitative estimate of drug-likeness (QED) is 0.639. The highest BCUT2D eigenvalue weighted by Gasteiger charge is 2.18. The van der Waals surface area contributed by atoms with Crippen LogP contribution in [0.3, 0.4) is 0 Å². The van der Waals surface area contributed by atoms with Gasteiger partial charge < -0.3 is 10.2 Å². The van der Waals surface area contributed by atoms with Gasteiger partial charge in [-0.2, -0.15) is 0 Å². The Morgan fingerprint density at radius 3 is 3.00 bits per heavy atom. The highest BCUT2D eigenvalue weighted by molar-refractivity contribution is 6.42. The summed E-state index contributed by atoms with van der Waals surface area (Å²) < 4.78 is 0. The molecule has 4 nitrogen and oxygen atoms in total. The highest BCUT2D eigenvalue weighted by Crippen LogP contribution is 2.25. The first-order chi connectivity index (χ1) is 10.6. The molecule has 0 spiro atoms. The zero-order valence-electron chi connectivity index (χ0n) is 12.1. The summed E-state index contributed by atoms with van der Waals surface area (Å²) in [6, 6.07) is 6.15. The van der Waals surface area contributed by atoms with Crippen LogP contribution >= 0.6 is 23.2 Å². The van der Waals surface area contributed by atoms with Gasteiger partial charge in [-0.3, -0.25) is 9.59 Å². The number of hydrogen-bond acceptors (Lipinski definition) is 2. The zero-order valence-corrected chi connectivity index (χ0v) is 13.6. The van der Waals surface area contributed by atoms with Gasteiger partial charge in [-0.15, -0.1) is 0 Å². The number of nitrogens with zero attached hydrogens (tertiary/aromatic N) is 1. The van der Waals surface area contributed by atoms with Crippen molar-refractivity contribution in [3.63, 3.8) is 0 Å². The van der Waals surface area contributed by atoms with Crippen LogP contribution in [0.25, 0.3) is 6.08 Å². The Hall–Kier alpha value is -1.52. The number of nitrogens with one attached hydrogen (secondary N) is 1. The molecular formula is C16H17Cl2N2O2. The predicted octanol–water partition coefficient (Wildman–Crippen LogP) is 2.94. The lowest BCUT2D eigenvalue weighted by Gasteiger charge is -2.14. The minimum atomic E-state index is -0.201. The van der Waals surface area contributed by atoms with Gasteiger partial charge in [-0.05, 0) is 24.5 Å². The summed E-state index contributed by atoms with van der Waals surface area (Å²) in [6.07, 6.45) is 5.36.